The Morgan fingerprint density at radius 1 is 1.11 bits per heavy atom. The van der Waals surface area contributed by atoms with Crippen LogP contribution in [0.5, 0.6) is 0 Å². The number of hydrogen-bond acceptors (Lipinski definition) is 2. The number of nitrogens with one attached hydrogen (secondary N) is 2. The van der Waals surface area contributed by atoms with Crippen LogP contribution in [0.1, 0.15) is 33.6 Å². The number of anilines is 2. The SMILES string of the molecule is CC(C)C(=O)Nc1ccc(NC(C)C2CC2)cc1. The summed E-state index contributed by atoms with van der Waals surface area (Å²) in [7, 11) is 0. The van der Waals surface area contributed by atoms with E-state index >= 15 is 0 Å². The molecule has 1 saturated carbocycles. The molecule has 0 aromatic heterocycles. The number of carbonyl (C=O) groups is 1. The molecule has 2 N–H and O–H groups in total. The van der Waals surface area contributed by atoms with Gasteiger partial charge in [0.2, 0.25) is 5.91 Å². The zero-order chi connectivity index (χ0) is 13.1. The van der Waals surface area contributed by atoms with Crippen molar-refractivity contribution in [3.63, 3.8) is 0 Å². The molecule has 2 rings (SSSR count). The number of hydrogen-bond donors (Lipinski definition) is 2. The van der Waals surface area contributed by atoms with Gasteiger partial charge in [-0.3, -0.25) is 4.79 Å². The molecule has 1 unspecified atom stereocenters. The van der Waals surface area contributed by atoms with Crippen LogP contribution in [-0.2, 0) is 4.79 Å². The van der Waals surface area contributed by atoms with Crippen molar-refractivity contribution in [1.82, 2.24) is 0 Å². The van der Waals surface area contributed by atoms with Gasteiger partial charge in [-0.25, -0.2) is 0 Å². The Labute approximate surface area is 109 Å². The van der Waals surface area contributed by atoms with Gasteiger partial charge in [0.1, 0.15) is 0 Å². The lowest BCUT2D eigenvalue weighted by molar-refractivity contribution is -0.118. The molecule has 3 heteroatoms. The van der Waals surface area contributed by atoms with Gasteiger partial charge in [0.15, 0.2) is 0 Å². The summed E-state index contributed by atoms with van der Waals surface area (Å²) < 4.78 is 0. The predicted octanol–water partition coefficient (Wildman–Crippen LogP) is 3.49. The number of benzene rings is 1. The molecule has 0 heterocycles. The molecule has 98 valence electrons. The standard InChI is InChI=1S/C15H22N2O/c1-10(2)15(18)17-14-8-6-13(7-9-14)16-11(3)12-4-5-12/h6-12,16H,4-5H2,1-3H3,(H,17,18). The lowest BCUT2D eigenvalue weighted by Crippen LogP contribution is -2.18. The lowest BCUT2D eigenvalue weighted by atomic mass is 10.2. The van der Waals surface area contributed by atoms with E-state index in [-0.39, 0.29) is 11.8 Å². The van der Waals surface area contributed by atoms with E-state index < -0.39 is 0 Å². The van der Waals surface area contributed by atoms with Crippen molar-refractivity contribution in [3.05, 3.63) is 24.3 Å². The third-order valence-corrected chi connectivity index (χ3v) is 3.40. The monoisotopic (exact) mass is 246 g/mol. The zero-order valence-electron chi connectivity index (χ0n) is 11.4. The molecule has 0 saturated heterocycles. The second-order valence-electron chi connectivity index (χ2n) is 5.49. The fraction of sp³-hybridized carbons (Fsp3) is 0.533. The Morgan fingerprint density at radius 3 is 2.17 bits per heavy atom. The third-order valence-electron chi connectivity index (χ3n) is 3.40. The summed E-state index contributed by atoms with van der Waals surface area (Å²) in [6.45, 7) is 6.01. The molecule has 1 fully saturated rings. The molecule has 0 bridgehead atoms. The third kappa shape index (κ3) is 3.49. The van der Waals surface area contributed by atoms with Crippen LogP contribution < -0.4 is 10.6 Å². The maximum Gasteiger partial charge on any atom is 0.226 e. The highest BCUT2D eigenvalue weighted by molar-refractivity contribution is 5.92. The lowest BCUT2D eigenvalue weighted by Gasteiger charge is -2.15. The summed E-state index contributed by atoms with van der Waals surface area (Å²) >= 11 is 0. The summed E-state index contributed by atoms with van der Waals surface area (Å²) in [6.07, 6.45) is 2.69. The highest BCUT2D eigenvalue weighted by Crippen LogP contribution is 2.34. The molecule has 3 nitrogen and oxygen atoms in total. The van der Waals surface area contributed by atoms with E-state index in [2.05, 4.69) is 17.6 Å². The fourth-order valence-electron chi connectivity index (χ4n) is 1.91. The molecule has 1 amide bonds. The Hall–Kier alpha value is -1.51. The first-order chi connectivity index (χ1) is 8.56. The van der Waals surface area contributed by atoms with Gasteiger partial charge in [0.25, 0.3) is 0 Å². The first-order valence-electron chi connectivity index (χ1n) is 6.73. The van der Waals surface area contributed by atoms with Gasteiger partial charge in [0.05, 0.1) is 0 Å². The average molecular weight is 246 g/mol. The first kappa shape index (κ1) is 12.9. The zero-order valence-corrected chi connectivity index (χ0v) is 11.4. The van der Waals surface area contributed by atoms with Crippen LogP contribution in [0.3, 0.4) is 0 Å². The molecular weight excluding hydrogens is 224 g/mol. The molecule has 1 aliphatic rings. The number of carbonyl (C=O) groups excluding carboxylic acids is 1. The molecule has 1 aliphatic carbocycles. The summed E-state index contributed by atoms with van der Waals surface area (Å²) in [5.74, 6) is 0.907. The van der Waals surface area contributed by atoms with Gasteiger partial charge in [-0.15, -0.1) is 0 Å². The van der Waals surface area contributed by atoms with Crippen molar-refractivity contribution >= 4 is 17.3 Å². The van der Waals surface area contributed by atoms with E-state index in [0.29, 0.717) is 6.04 Å². The van der Waals surface area contributed by atoms with Gasteiger partial charge in [-0.1, -0.05) is 13.8 Å². The second-order valence-corrected chi connectivity index (χ2v) is 5.49. The van der Waals surface area contributed by atoms with E-state index in [4.69, 9.17) is 0 Å². The van der Waals surface area contributed by atoms with Crippen molar-refractivity contribution in [2.45, 2.75) is 39.7 Å². The Balaban J connectivity index is 1.90. The smallest absolute Gasteiger partial charge is 0.226 e. The predicted molar refractivity (Wildman–Crippen MR) is 75.7 cm³/mol. The Bertz CT molecular complexity index is 407. The van der Waals surface area contributed by atoms with Crippen LogP contribution in [0.4, 0.5) is 11.4 Å². The molecule has 1 aromatic rings. The van der Waals surface area contributed by atoms with Crippen LogP contribution in [0, 0.1) is 11.8 Å². The van der Waals surface area contributed by atoms with E-state index in [0.717, 1.165) is 17.3 Å². The highest BCUT2D eigenvalue weighted by Gasteiger charge is 2.27. The van der Waals surface area contributed by atoms with Crippen LogP contribution in [0.15, 0.2) is 24.3 Å². The molecule has 0 radical (unpaired) electrons. The molecule has 18 heavy (non-hydrogen) atoms. The first-order valence-corrected chi connectivity index (χ1v) is 6.73. The van der Waals surface area contributed by atoms with Crippen molar-refractivity contribution < 1.29 is 4.79 Å². The topological polar surface area (TPSA) is 41.1 Å². The molecule has 1 aromatic carbocycles. The second kappa shape index (κ2) is 5.42. The van der Waals surface area contributed by atoms with Crippen molar-refractivity contribution in [2.75, 3.05) is 10.6 Å². The van der Waals surface area contributed by atoms with Gasteiger partial charge in [-0.2, -0.15) is 0 Å². The Kier molecular flexibility index (Phi) is 3.90. The maximum atomic E-state index is 11.5. The van der Waals surface area contributed by atoms with Crippen molar-refractivity contribution in [3.8, 4) is 0 Å². The number of amides is 1. The normalized spacial score (nSPS) is 16.4. The van der Waals surface area contributed by atoms with Gasteiger partial charge in [0, 0.05) is 23.3 Å². The minimum atomic E-state index is 0.0118. The van der Waals surface area contributed by atoms with Gasteiger partial charge < -0.3 is 10.6 Å². The number of rotatable bonds is 5. The van der Waals surface area contributed by atoms with E-state index in [1.807, 2.05) is 38.1 Å². The van der Waals surface area contributed by atoms with E-state index in [9.17, 15) is 4.79 Å². The minimum Gasteiger partial charge on any atom is -0.382 e. The fourth-order valence-corrected chi connectivity index (χ4v) is 1.91. The minimum absolute atomic E-state index is 0.0118. The van der Waals surface area contributed by atoms with Crippen molar-refractivity contribution in [2.24, 2.45) is 11.8 Å². The van der Waals surface area contributed by atoms with Crippen molar-refractivity contribution in [1.29, 1.82) is 0 Å². The summed E-state index contributed by atoms with van der Waals surface area (Å²) in [5.41, 5.74) is 1.98. The van der Waals surface area contributed by atoms with Crippen LogP contribution in [0.2, 0.25) is 0 Å². The molecule has 0 spiro atoms. The molecule has 1 atom stereocenters. The summed E-state index contributed by atoms with van der Waals surface area (Å²) in [4.78, 5) is 11.5. The van der Waals surface area contributed by atoms with Crippen LogP contribution in [-0.4, -0.2) is 11.9 Å². The highest BCUT2D eigenvalue weighted by atomic mass is 16.1. The molecule has 0 aliphatic heterocycles. The summed E-state index contributed by atoms with van der Waals surface area (Å²) in [6, 6.07) is 8.48. The largest absolute Gasteiger partial charge is 0.382 e. The van der Waals surface area contributed by atoms with E-state index in [1.165, 1.54) is 12.8 Å². The molecular formula is C15H22N2O. The quantitative estimate of drug-likeness (QED) is 0.835. The Morgan fingerprint density at radius 2 is 1.67 bits per heavy atom. The average Bonchev–Trinajstić information content (AvgIpc) is 3.15. The summed E-state index contributed by atoms with van der Waals surface area (Å²) in [5, 5.41) is 6.38. The van der Waals surface area contributed by atoms with Crippen LogP contribution in [0.25, 0.3) is 0 Å². The van der Waals surface area contributed by atoms with E-state index in [1.54, 1.807) is 0 Å². The van der Waals surface area contributed by atoms with Crippen LogP contribution >= 0.6 is 0 Å². The van der Waals surface area contributed by atoms with Gasteiger partial charge >= 0.3 is 0 Å². The maximum absolute atomic E-state index is 11.5. The van der Waals surface area contributed by atoms with Gasteiger partial charge in [-0.05, 0) is 49.9 Å².